The zero-order valence-corrected chi connectivity index (χ0v) is 12.2. The van der Waals surface area contributed by atoms with Crippen LogP contribution in [0.25, 0.3) is 0 Å². The van der Waals surface area contributed by atoms with Crippen LogP contribution in [0.4, 0.5) is 0 Å². The first kappa shape index (κ1) is 13.7. The van der Waals surface area contributed by atoms with E-state index in [9.17, 15) is 0 Å². The average Bonchev–Trinajstić information content (AvgIpc) is 2.28. The minimum absolute atomic E-state index is 1.01. The van der Waals surface area contributed by atoms with E-state index in [1.165, 1.54) is 48.5 Å². The second kappa shape index (κ2) is 7.07. The predicted octanol–water partition coefficient (Wildman–Crippen LogP) is 4.50. The lowest BCUT2D eigenvalue weighted by Crippen LogP contribution is -2.04. The third-order valence-electron chi connectivity index (χ3n) is 3.40. The highest BCUT2D eigenvalue weighted by Gasteiger charge is 2.03. The summed E-state index contributed by atoms with van der Waals surface area (Å²) >= 11 is 0. The highest BCUT2D eigenvalue weighted by molar-refractivity contribution is 7.47. The molecule has 0 bridgehead atoms. The molecule has 0 aromatic heterocycles. The second-order valence-electron chi connectivity index (χ2n) is 4.67. The molecule has 1 atom stereocenters. The Balaban J connectivity index is 2.45. The molecule has 0 fully saturated rings. The Morgan fingerprint density at radius 1 is 0.938 bits per heavy atom. The molecule has 0 saturated heterocycles. The van der Waals surface area contributed by atoms with Crippen LogP contribution >= 0.6 is 8.58 Å². The molecule has 0 aliphatic rings. The zero-order valence-electron chi connectivity index (χ0n) is 11.2. The van der Waals surface area contributed by atoms with Crippen molar-refractivity contribution >= 4 is 13.9 Å². The van der Waals surface area contributed by atoms with E-state index in [-0.39, 0.29) is 0 Å². The van der Waals surface area contributed by atoms with Crippen LogP contribution in [-0.4, -0.2) is 6.16 Å². The van der Waals surface area contributed by atoms with Crippen LogP contribution < -0.4 is 5.30 Å². The van der Waals surface area contributed by atoms with Crippen LogP contribution in [0.15, 0.2) is 12.1 Å². The molecule has 0 saturated carbocycles. The van der Waals surface area contributed by atoms with Crippen molar-refractivity contribution < 1.29 is 0 Å². The van der Waals surface area contributed by atoms with Crippen LogP contribution in [-0.2, 0) is 0 Å². The van der Waals surface area contributed by atoms with Crippen molar-refractivity contribution in [1.82, 2.24) is 0 Å². The maximum atomic E-state index is 2.33. The van der Waals surface area contributed by atoms with Crippen molar-refractivity contribution in [3.05, 3.63) is 28.8 Å². The summed E-state index contributed by atoms with van der Waals surface area (Å²) in [4.78, 5) is 0. The Bertz CT molecular complexity index is 328. The quantitative estimate of drug-likeness (QED) is 0.504. The van der Waals surface area contributed by atoms with Gasteiger partial charge in [0.05, 0.1) is 0 Å². The van der Waals surface area contributed by atoms with E-state index < -0.39 is 0 Å². The smallest absolute Gasteiger partial charge is 0.0240 e. The Morgan fingerprint density at radius 2 is 1.69 bits per heavy atom. The molecular formula is C15H25P. The number of hydrogen-bond acceptors (Lipinski definition) is 0. The van der Waals surface area contributed by atoms with Gasteiger partial charge in [-0.3, -0.25) is 0 Å². The van der Waals surface area contributed by atoms with Gasteiger partial charge in [0.1, 0.15) is 0 Å². The van der Waals surface area contributed by atoms with E-state index in [1.54, 1.807) is 5.30 Å². The Labute approximate surface area is 103 Å². The molecule has 0 N–H and O–H groups in total. The molecule has 0 aliphatic carbocycles. The van der Waals surface area contributed by atoms with Gasteiger partial charge in [-0.25, -0.2) is 0 Å². The summed E-state index contributed by atoms with van der Waals surface area (Å²) in [6, 6.07) is 4.60. The Kier molecular flexibility index (Phi) is 6.06. The van der Waals surface area contributed by atoms with Crippen molar-refractivity contribution in [2.45, 2.75) is 53.4 Å². The minimum atomic E-state index is 1.01. The lowest BCUT2D eigenvalue weighted by Gasteiger charge is -2.11. The molecule has 90 valence electrons. The third kappa shape index (κ3) is 3.91. The van der Waals surface area contributed by atoms with E-state index in [2.05, 4.69) is 39.8 Å². The number of benzene rings is 1. The summed E-state index contributed by atoms with van der Waals surface area (Å²) in [5.74, 6) is 0. The van der Waals surface area contributed by atoms with Gasteiger partial charge in [0.15, 0.2) is 0 Å². The molecule has 16 heavy (non-hydrogen) atoms. The molecule has 1 aromatic rings. The minimum Gasteiger partial charge on any atom is -0.0901 e. The molecular weight excluding hydrogens is 211 g/mol. The fraction of sp³-hybridized carbons (Fsp3) is 0.600. The highest BCUT2D eigenvalue weighted by Crippen LogP contribution is 2.20. The lowest BCUT2D eigenvalue weighted by atomic mass is 10.1. The van der Waals surface area contributed by atoms with Gasteiger partial charge in [-0.1, -0.05) is 46.9 Å². The summed E-state index contributed by atoms with van der Waals surface area (Å²) in [6.07, 6.45) is 6.93. The molecule has 0 amide bonds. The van der Waals surface area contributed by atoms with Crippen molar-refractivity contribution in [2.75, 3.05) is 6.16 Å². The van der Waals surface area contributed by atoms with E-state index in [0.29, 0.717) is 0 Å². The van der Waals surface area contributed by atoms with Gasteiger partial charge in [0.25, 0.3) is 0 Å². The van der Waals surface area contributed by atoms with Crippen LogP contribution in [0.3, 0.4) is 0 Å². The van der Waals surface area contributed by atoms with Gasteiger partial charge < -0.3 is 0 Å². The molecule has 1 unspecified atom stereocenters. The van der Waals surface area contributed by atoms with Gasteiger partial charge in [-0.05, 0) is 55.3 Å². The summed E-state index contributed by atoms with van der Waals surface area (Å²) in [5.41, 5.74) is 4.43. The first-order valence-electron chi connectivity index (χ1n) is 6.47. The van der Waals surface area contributed by atoms with E-state index >= 15 is 0 Å². The van der Waals surface area contributed by atoms with Crippen LogP contribution in [0.2, 0.25) is 0 Å². The maximum Gasteiger partial charge on any atom is -0.0240 e. The van der Waals surface area contributed by atoms with Gasteiger partial charge >= 0.3 is 0 Å². The van der Waals surface area contributed by atoms with Gasteiger partial charge in [-0.2, -0.15) is 0 Å². The monoisotopic (exact) mass is 236 g/mol. The summed E-state index contributed by atoms with van der Waals surface area (Å²) in [6.45, 7) is 9.00. The normalized spacial score (nSPS) is 11.5. The predicted molar refractivity (Wildman–Crippen MR) is 77.6 cm³/mol. The van der Waals surface area contributed by atoms with Crippen molar-refractivity contribution in [3.63, 3.8) is 0 Å². The van der Waals surface area contributed by atoms with Gasteiger partial charge in [-0.15, -0.1) is 0 Å². The number of unbranched alkanes of at least 4 members (excludes halogenated alkanes) is 3. The molecule has 1 aromatic carbocycles. The van der Waals surface area contributed by atoms with Gasteiger partial charge in [0, 0.05) is 0 Å². The SMILES string of the molecule is CCCCCCPc1ccc(C)c(C)c1C. The fourth-order valence-corrected chi connectivity index (χ4v) is 3.27. The number of hydrogen-bond donors (Lipinski definition) is 0. The highest BCUT2D eigenvalue weighted by atomic mass is 31.1. The number of aryl methyl sites for hydroxylation is 1. The fourth-order valence-electron chi connectivity index (χ4n) is 1.92. The van der Waals surface area contributed by atoms with E-state index in [4.69, 9.17) is 0 Å². The molecule has 0 nitrogen and oxygen atoms in total. The standard InChI is InChI=1S/C15H25P/c1-5-6-7-8-11-16-15-10-9-12(2)13(3)14(15)4/h9-10,16H,5-8,11H2,1-4H3. The summed E-state index contributed by atoms with van der Waals surface area (Å²) in [7, 11) is 1.01. The average molecular weight is 236 g/mol. The van der Waals surface area contributed by atoms with E-state index in [1.807, 2.05) is 0 Å². The van der Waals surface area contributed by atoms with Crippen LogP contribution in [0.5, 0.6) is 0 Å². The molecule has 0 aliphatic heterocycles. The molecule has 1 heteroatoms. The topological polar surface area (TPSA) is 0 Å². The van der Waals surface area contributed by atoms with Crippen LogP contribution in [0.1, 0.15) is 49.3 Å². The molecule has 1 rings (SSSR count). The molecule has 0 radical (unpaired) electrons. The number of rotatable bonds is 6. The largest absolute Gasteiger partial charge is 0.0901 e. The second-order valence-corrected chi connectivity index (χ2v) is 6.06. The first-order valence-corrected chi connectivity index (χ1v) is 7.68. The maximum absolute atomic E-state index is 2.33. The first-order chi connectivity index (χ1) is 7.66. The van der Waals surface area contributed by atoms with E-state index in [0.717, 1.165) is 8.58 Å². The van der Waals surface area contributed by atoms with Crippen molar-refractivity contribution in [3.8, 4) is 0 Å². The summed E-state index contributed by atoms with van der Waals surface area (Å²) < 4.78 is 0. The van der Waals surface area contributed by atoms with Crippen molar-refractivity contribution in [2.24, 2.45) is 0 Å². The Hall–Kier alpha value is -0.350. The molecule has 0 heterocycles. The zero-order chi connectivity index (χ0) is 12.0. The van der Waals surface area contributed by atoms with Gasteiger partial charge in [0.2, 0.25) is 0 Å². The third-order valence-corrected chi connectivity index (χ3v) is 4.93. The van der Waals surface area contributed by atoms with Crippen LogP contribution in [0, 0.1) is 20.8 Å². The lowest BCUT2D eigenvalue weighted by molar-refractivity contribution is 0.706. The molecule has 0 spiro atoms. The van der Waals surface area contributed by atoms with Crippen molar-refractivity contribution in [1.29, 1.82) is 0 Å². The summed E-state index contributed by atoms with van der Waals surface area (Å²) in [5, 5.41) is 1.58. The Morgan fingerprint density at radius 3 is 2.38 bits per heavy atom.